The van der Waals surface area contributed by atoms with Gasteiger partial charge in [-0.3, -0.25) is 9.69 Å². The van der Waals surface area contributed by atoms with Crippen LogP contribution in [0.5, 0.6) is 0 Å². The zero-order valence-corrected chi connectivity index (χ0v) is 14.7. The van der Waals surface area contributed by atoms with E-state index in [0.29, 0.717) is 23.1 Å². The first-order valence-corrected chi connectivity index (χ1v) is 8.47. The van der Waals surface area contributed by atoms with E-state index in [1.807, 2.05) is 67.4 Å². The molecule has 0 aliphatic carbocycles. The van der Waals surface area contributed by atoms with E-state index in [9.17, 15) is 4.79 Å². The lowest BCUT2D eigenvalue weighted by molar-refractivity contribution is 0.0993. The number of carbonyl (C=O) groups is 1. The highest BCUT2D eigenvalue weighted by Crippen LogP contribution is 2.43. The molecule has 2 heterocycles. The second kappa shape index (κ2) is 5.93. The minimum absolute atomic E-state index is 0.124. The number of nitrogens with zero attached hydrogens (tertiary/aromatic N) is 4. The fourth-order valence-electron chi connectivity index (χ4n) is 3.25. The molecular weight excluding hydrogens is 336 g/mol. The van der Waals surface area contributed by atoms with Crippen molar-refractivity contribution in [3.63, 3.8) is 0 Å². The number of carbonyl (C=O) groups excluding carboxylic acids is 1. The van der Waals surface area contributed by atoms with Gasteiger partial charge in [-0.2, -0.15) is 0 Å². The summed E-state index contributed by atoms with van der Waals surface area (Å²) in [6.45, 7) is 2.73. The first kappa shape index (κ1) is 15.7. The van der Waals surface area contributed by atoms with Gasteiger partial charge < -0.3 is 9.47 Å². The highest BCUT2D eigenvalue weighted by Gasteiger charge is 2.34. The molecule has 1 aromatic heterocycles. The van der Waals surface area contributed by atoms with Gasteiger partial charge in [0.15, 0.2) is 11.5 Å². The number of aryl methyl sites for hydroxylation is 1. The molecule has 1 aliphatic heterocycles. The lowest BCUT2D eigenvalue weighted by Crippen LogP contribution is -2.26. The summed E-state index contributed by atoms with van der Waals surface area (Å²) in [4.78, 5) is 21.7. The van der Waals surface area contributed by atoms with Gasteiger partial charge in [-0.15, -0.1) is 0 Å². The summed E-state index contributed by atoms with van der Waals surface area (Å²) in [5.74, 6) is 0.540. The maximum atomic E-state index is 13.4. The van der Waals surface area contributed by atoms with Crippen molar-refractivity contribution in [2.45, 2.75) is 6.92 Å². The van der Waals surface area contributed by atoms with Crippen molar-refractivity contribution in [2.75, 3.05) is 16.3 Å². The van der Waals surface area contributed by atoms with Gasteiger partial charge in [0.2, 0.25) is 0 Å². The van der Waals surface area contributed by atoms with E-state index < -0.39 is 0 Å². The molecule has 25 heavy (non-hydrogen) atoms. The van der Waals surface area contributed by atoms with Crippen LogP contribution in [0, 0.1) is 0 Å². The van der Waals surface area contributed by atoms with E-state index in [1.165, 1.54) is 0 Å². The third-order valence-corrected chi connectivity index (χ3v) is 4.61. The maximum absolute atomic E-state index is 13.4. The van der Waals surface area contributed by atoms with Crippen LogP contribution in [0.1, 0.15) is 17.4 Å². The largest absolute Gasteiger partial charge is 0.328 e. The molecule has 3 aromatic rings. The molecule has 126 valence electrons. The number of anilines is 4. The van der Waals surface area contributed by atoms with Crippen molar-refractivity contribution < 1.29 is 4.79 Å². The summed E-state index contributed by atoms with van der Waals surface area (Å²) in [6.07, 6.45) is 1.68. The molecule has 0 spiro atoms. The standard InChI is InChI=1S/C19H17ClN4O/c1-3-23-15-10-9-13(20)11-16(15)24(14-7-5-4-6-8-14)19(25)17-18(23)21-12-22(17)2/h4-12H,3H2,1-2H3. The Kier molecular flexibility index (Phi) is 3.73. The molecule has 0 unspecified atom stereocenters. The number of amides is 1. The molecule has 0 N–H and O–H groups in total. The fraction of sp³-hybridized carbons (Fsp3) is 0.158. The van der Waals surface area contributed by atoms with E-state index in [2.05, 4.69) is 4.98 Å². The predicted molar refractivity (Wildman–Crippen MR) is 100 cm³/mol. The van der Waals surface area contributed by atoms with Crippen molar-refractivity contribution in [1.82, 2.24) is 9.55 Å². The molecule has 5 nitrogen and oxygen atoms in total. The normalized spacial score (nSPS) is 13.5. The van der Waals surface area contributed by atoms with Crippen LogP contribution in [0.15, 0.2) is 54.9 Å². The van der Waals surface area contributed by atoms with E-state index in [-0.39, 0.29) is 5.91 Å². The van der Waals surface area contributed by atoms with Gasteiger partial charge in [0.1, 0.15) is 0 Å². The Morgan fingerprint density at radius 2 is 1.84 bits per heavy atom. The Morgan fingerprint density at radius 3 is 2.56 bits per heavy atom. The lowest BCUT2D eigenvalue weighted by Gasteiger charge is -2.26. The van der Waals surface area contributed by atoms with Crippen LogP contribution in [0.2, 0.25) is 5.02 Å². The van der Waals surface area contributed by atoms with Crippen LogP contribution in [0.25, 0.3) is 0 Å². The molecule has 2 aromatic carbocycles. The number of rotatable bonds is 2. The van der Waals surface area contributed by atoms with Crippen LogP contribution < -0.4 is 9.80 Å². The molecule has 0 radical (unpaired) electrons. The predicted octanol–water partition coefficient (Wildman–Crippen LogP) is 4.52. The quantitative estimate of drug-likeness (QED) is 0.680. The molecule has 6 heteroatoms. The Morgan fingerprint density at radius 1 is 1.08 bits per heavy atom. The van der Waals surface area contributed by atoms with Crippen molar-refractivity contribution >= 4 is 40.4 Å². The van der Waals surface area contributed by atoms with E-state index in [4.69, 9.17) is 11.6 Å². The van der Waals surface area contributed by atoms with E-state index >= 15 is 0 Å². The number of halogens is 1. The number of benzene rings is 2. The number of para-hydroxylation sites is 1. The van der Waals surface area contributed by atoms with Crippen molar-refractivity contribution in [3.05, 3.63) is 65.6 Å². The van der Waals surface area contributed by atoms with Gasteiger partial charge in [-0.05, 0) is 37.3 Å². The molecule has 0 saturated carbocycles. The Balaban J connectivity index is 2.06. The third kappa shape index (κ3) is 2.39. The summed E-state index contributed by atoms with van der Waals surface area (Å²) in [5.41, 5.74) is 3.00. The van der Waals surface area contributed by atoms with Crippen LogP contribution in [0.4, 0.5) is 22.9 Å². The molecule has 0 fully saturated rings. The highest BCUT2D eigenvalue weighted by atomic mass is 35.5. The van der Waals surface area contributed by atoms with Gasteiger partial charge in [0.05, 0.1) is 17.7 Å². The van der Waals surface area contributed by atoms with Crippen LogP contribution in [-0.4, -0.2) is 22.0 Å². The Labute approximate surface area is 151 Å². The zero-order valence-electron chi connectivity index (χ0n) is 14.0. The summed E-state index contributed by atoms with van der Waals surface area (Å²) in [6, 6.07) is 15.2. The van der Waals surface area contributed by atoms with Crippen LogP contribution >= 0.6 is 11.6 Å². The van der Waals surface area contributed by atoms with Crippen LogP contribution in [-0.2, 0) is 7.05 Å². The molecule has 0 saturated heterocycles. The third-order valence-electron chi connectivity index (χ3n) is 4.38. The lowest BCUT2D eigenvalue weighted by atomic mass is 10.2. The summed E-state index contributed by atoms with van der Waals surface area (Å²) < 4.78 is 1.77. The monoisotopic (exact) mass is 352 g/mol. The van der Waals surface area contributed by atoms with Crippen molar-refractivity contribution in [1.29, 1.82) is 0 Å². The number of hydrogen-bond donors (Lipinski definition) is 0. The molecule has 0 bridgehead atoms. The molecule has 4 rings (SSSR count). The number of aromatic nitrogens is 2. The fourth-order valence-corrected chi connectivity index (χ4v) is 3.42. The van der Waals surface area contributed by atoms with Gasteiger partial charge in [-0.1, -0.05) is 29.8 Å². The van der Waals surface area contributed by atoms with Crippen molar-refractivity contribution in [3.8, 4) is 0 Å². The molecule has 1 aliphatic rings. The van der Waals surface area contributed by atoms with Crippen molar-refractivity contribution in [2.24, 2.45) is 7.05 Å². The first-order valence-electron chi connectivity index (χ1n) is 8.09. The molecular formula is C19H17ClN4O. The topological polar surface area (TPSA) is 41.4 Å². The Bertz CT molecular complexity index is 951. The summed E-state index contributed by atoms with van der Waals surface area (Å²) in [7, 11) is 1.84. The molecule has 1 amide bonds. The number of imidazole rings is 1. The second-order valence-corrected chi connectivity index (χ2v) is 6.32. The van der Waals surface area contributed by atoms with Gasteiger partial charge in [-0.25, -0.2) is 4.98 Å². The van der Waals surface area contributed by atoms with Crippen LogP contribution in [0.3, 0.4) is 0 Å². The van der Waals surface area contributed by atoms with E-state index in [1.54, 1.807) is 15.8 Å². The summed E-state index contributed by atoms with van der Waals surface area (Å²) in [5, 5.41) is 0.586. The average molecular weight is 353 g/mol. The van der Waals surface area contributed by atoms with Gasteiger partial charge in [0, 0.05) is 24.3 Å². The smallest absolute Gasteiger partial charge is 0.283 e. The highest BCUT2D eigenvalue weighted by molar-refractivity contribution is 6.31. The van der Waals surface area contributed by atoms with E-state index in [0.717, 1.165) is 17.1 Å². The zero-order chi connectivity index (χ0) is 17.6. The number of fused-ring (bicyclic) bond motifs is 2. The average Bonchev–Trinajstić information content (AvgIpc) is 2.95. The Hall–Kier alpha value is -2.79. The number of hydrogen-bond acceptors (Lipinski definition) is 3. The summed E-state index contributed by atoms with van der Waals surface area (Å²) >= 11 is 6.26. The minimum atomic E-state index is -0.124. The van der Waals surface area contributed by atoms with Gasteiger partial charge >= 0.3 is 0 Å². The second-order valence-electron chi connectivity index (χ2n) is 5.88. The minimum Gasteiger partial charge on any atom is -0.328 e. The van der Waals surface area contributed by atoms with Gasteiger partial charge in [0.25, 0.3) is 5.91 Å². The molecule has 0 atom stereocenters. The first-order chi connectivity index (χ1) is 12.1. The maximum Gasteiger partial charge on any atom is 0.283 e. The SMILES string of the molecule is CCN1c2ccc(Cl)cc2N(c2ccccc2)C(=O)c2c1ncn2C.